The van der Waals surface area contributed by atoms with Gasteiger partial charge in [-0.05, 0) is 67.3 Å². The van der Waals surface area contributed by atoms with Crippen molar-refractivity contribution in [1.82, 2.24) is 5.32 Å². The van der Waals surface area contributed by atoms with E-state index in [0.29, 0.717) is 17.9 Å². The molecule has 0 heterocycles. The second-order valence-corrected chi connectivity index (χ2v) is 10.9. The minimum atomic E-state index is -0.187. The molecule has 1 aromatic rings. The summed E-state index contributed by atoms with van der Waals surface area (Å²) in [5.74, 6) is 0.999. The highest BCUT2D eigenvalue weighted by molar-refractivity contribution is 5.82. The number of carbonyl (C=O) groups excluding carboxylic acids is 1. The summed E-state index contributed by atoms with van der Waals surface area (Å²) in [6.45, 7) is 7.16. The Balaban J connectivity index is 1.50. The third-order valence-corrected chi connectivity index (χ3v) is 7.85. The standard InChI is InChI=1S/C25H37NO/c1-23-14-19(15-24(2,17-23)20-10-6-4-7-11-20)16-25(3,18-23)22(27)26-21-12-8-5-9-13-21/h4,6-7,10-11,19,21H,5,8-9,12-18H2,1-3H3,(H,26,27)/t19?,23?,24-,25?/m0/s1. The second kappa shape index (κ2) is 6.94. The van der Waals surface area contributed by atoms with Gasteiger partial charge in [-0.3, -0.25) is 4.79 Å². The van der Waals surface area contributed by atoms with Crippen LogP contribution in [0.1, 0.15) is 90.5 Å². The van der Waals surface area contributed by atoms with Gasteiger partial charge in [0.1, 0.15) is 0 Å². The summed E-state index contributed by atoms with van der Waals surface area (Å²) >= 11 is 0. The van der Waals surface area contributed by atoms with E-state index in [0.717, 1.165) is 12.8 Å². The van der Waals surface area contributed by atoms with Crippen LogP contribution in [0.25, 0.3) is 0 Å². The zero-order valence-corrected chi connectivity index (χ0v) is 17.5. The predicted octanol–water partition coefficient (Wildman–Crippen LogP) is 6.00. The number of fused-ring (bicyclic) bond motifs is 2. The SMILES string of the molecule is CC12CC(CC(C)(C(=O)NC3CCCCC3)C1)C[C@](C)(c1ccccc1)C2. The molecule has 0 aromatic heterocycles. The molecule has 2 nitrogen and oxygen atoms in total. The third kappa shape index (κ3) is 3.82. The lowest BCUT2D eigenvalue weighted by Gasteiger charge is -2.56. The Bertz CT molecular complexity index is 679. The highest BCUT2D eigenvalue weighted by Crippen LogP contribution is 2.60. The Morgan fingerprint density at radius 2 is 1.63 bits per heavy atom. The number of amides is 1. The molecule has 4 atom stereocenters. The maximum absolute atomic E-state index is 13.3. The van der Waals surface area contributed by atoms with Crippen LogP contribution >= 0.6 is 0 Å². The molecule has 3 saturated carbocycles. The fraction of sp³-hybridized carbons (Fsp3) is 0.720. The van der Waals surface area contributed by atoms with Crippen LogP contribution in [-0.2, 0) is 10.2 Å². The van der Waals surface area contributed by atoms with Crippen molar-refractivity contribution in [2.45, 2.75) is 96.4 Å². The summed E-state index contributed by atoms with van der Waals surface area (Å²) in [5, 5.41) is 3.45. The number of hydrogen-bond acceptors (Lipinski definition) is 1. The first-order valence-electron chi connectivity index (χ1n) is 11.2. The first-order valence-corrected chi connectivity index (χ1v) is 11.2. The van der Waals surface area contributed by atoms with E-state index in [9.17, 15) is 4.79 Å². The van der Waals surface area contributed by atoms with Crippen molar-refractivity contribution in [3.05, 3.63) is 35.9 Å². The molecule has 1 amide bonds. The van der Waals surface area contributed by atoms with Crippen LogP contribution in [0.3, 0.4) is 0 Å². The lowest BCUT2D eigenvalue weighted by Crippen LogP contribution is -2.53. The number of carbonyl (C=O) groups is 1. The van der Waals surface area contributed by atoms with Crippen LogP contribution < -0.4 is 5.32 Å². The molecule has 0 saturated heterocycles. The zero-order chi connectivity index (χ0) is 19.1. The number of benzene rings is 1. The molecule has 3 unspecified atom stereocenters. The maximum atomic E-state index is 13.3. The highest BCUT2D eigenvalue weighted by atomic mass is 16.2. The molecule has 0 spiro atoms. The minimum Gasteiger partial charge on any atom is -0.353 e. The maximum Gasteiger partial charge on any atom is 0.226 e. The van der Waals surface area contributed by atoms with Gasteiger partial charge in [-0.1, -0.05) is 70.4 Å². The van der Waals surface area contributed by atoms with E-state index in [4.69, 9.17) is 0 Å². The Morgan fingerprint density at radius 3 is 2.30 bits per heavy atom. The number of hydrogen-bond donors (Lipinski definition) is 1. The minimum absolute atomic E-state index is 0.187. The molecule has 1 N–H and O–H groups in total. The molecule has 3 fully saturated rings. The van der Waals surface area contributed by atoms with Crippen LogP contribution in [0.15, 0.2) is 30.3 Å². The average Bonchev–Trinajstić information content (AvgIpc) is 2.61. The van der Waals surface area contributed by atoms with E-state index in [1.165, 1.54) is 56.9 Å². The van der Waals surface area contributed by atoms with Crippen molar-refractivity contribution in [2.75, 3.05) is 0 Å². The van der Waals surface area contributed by atoms with Crippen molar-refractivity contribution >= 4 is 5.91 Å². The number of rotatable bonds is 3. The van der Waals surface area contributed by atoms with Crippen molar-refractivity contribution < 1.29 is 4.79 Å². The molecule has 3 aliphatic rings. The Kier molecular flexibility index (Phi) is 4.89. The molecule has 1 aromatic carbocycles. The van der Waals surface area contributed by atoms with Crippen LogP contribution in [0.4, 0.5) is 0 Å². The van der Waals surface area contributed by atoms with E-state index < -0.39 is 0 Å². The smallest absolute Gasteiger partial charge is 0.226 e. The fourth-order valence-electron chi connectivity index (χ4n) is 7.26. The van der Waals surface area contributed by atoms with E-state index >= 15 is 0 Å². The van der Waals surface area contributed by atoms with Gasteiger partial charge < -0.3 is 5.32 Å². The van der Waals surface area contributed by atoms with Crippen molar-refractivity contribution in [1.29, 1.82) is 0 Å². The normalized spacial score (nSPS) is 39.7. The summed E-state index contributed by atoms with van der Waals surface area (Å²) in [6, 6.07) is 11.5. The summed E-state index contributed by atoms with van der Waals surface area (Å²) in [6.07, 6.45) is 12.0. The first kappa shape index (κ1) is 19.0. The van der Waals surface area contributed by atoms with Gasteiger partial charge in [0, 0.05) is 11.5 Å². The summed E-state index contributed by atoms with van der Waals surface area (Å²) < 4.78 is 0. The fourth-order valence-corrected chi connectivity index (χ4v) is 7.26. The van der Waals surface area contributed by atoms with E-state index in [2.05, 4.69) is 56.4 Å². The zero-order valence-electron chi connectivity index (χ0n) is 17.5. The van der Waals surface area contributed by atoms with Gasteiger partial charge in [0.05, 0.1) is 0 Å². The van der Waals surface area contributed by atoms with Crippen LogP contribution in [0.5, 0.6) is 0 Å². The Morgan fingerprint density at radius 1 is 0.926 bits per heavy atom. The molecule has 2 heteroatoms. The van der Waals surface area contributed by atoms with E-state index in [-0.39, 0.29) is 16.2 Å². The summed E-state index contributed by atoms with van der Waals surface area (Å²) in [4.78, 5) is 13.3. The van der Waals surface area contributed by atoms with Gasteiger partial charge in [-0.15, -0.1) is 0 Å². The van der Waals surface area contributed by atoms with E-state index in [1.807, 2.05) is 0 Å². The monoisotopic (exact) mass is 367 g/mol. The number of nitrogens with one attached hydrogen (secondary N) is 1. The van der Waals surface area contributed by atoms with Crippen molar-refractivity contribution in [3.63, 3.8) is 0 Å². The quantitative estimate of drug-likeness (QED) is 0.697. The van der Waals surface area contributed by atoms with E-state index in [1.54, 1.807) is 0 Å². The van der Waals surface area contributed by atoms with Crippen molar-refractivity contribution in [2.24, 2.45) is 16.7 Å². The van der Waals surface area contributed by atoms with Crippen molar-refractivity contribution in [3.8, 4) is 0 Å². The van der Waals surface area contributed by atoms with Crippen LogP contribution in [0.2, 0.25) is 0 Å². The topological polar surface area (TPSA) is 29.1 Å². The molecule has 3 aliphatic carbocycles. The first-order chi connectivity index (χ1) is 12.8. The Hall–Kier alpha value is -1.31. The lowest BCUT2D eigenvalue weighted by atomic mass is 9.48. The van der Waals surface area contributed by atoms with Gasteiger partial charge in [0.2, 0.25) is 5.91 Å². The molecule has 0 aliphatic heterocycles. The van der Waals surface area contributed by atoms with Gasteiger partial charge in [-0.25, -0.2) is 0 Å². The molecule has 2 bridgehead atoms. The van der Waals surface area contributed by atoms with Gasteiger partial charge in [0.15, 0.2) is 0 Å². The predicted molar refractivity (Wildman–Crippen MR) is 112 cm³/mol. The highest BCUT2D eigenvalue weighted by Gasteiger charge is 2.54. The average molecular weight is 368 g/mol. The molecule has 148 valence electrons. The molecule has 4 rings (SSSR count). The summed E-state index contributed by atoms with van der Waals surface area (Å²) in [5.41, 5.74) is 1.81. The molecule has 27 heavy (non-hydrogen) atoms. The summed E-state index contributed by atoms with van der Waals surface area (Å²) in [7, 11) is 0. The van der Waals surface area contributed by atoms with Gasteiger partial charge >= 0.3 is 0 Å². The van der Waals surface area contributed by atoms with Gasteiger partial charge in [-0.2, -0.15) is 0 Å². The largest absolute Gasteiger partial charge is 0.353 e. The third-order valence-electron chi connectivity index (χ3n) is 7.85. The lowest BCUT2D eigenvalue weighted by molar-refractivity contribution is -0.140. The van der Waals surface area contributed by atoms with Gasteiger partial charge in [0.25, 0.3) is 0 Å². The molecular weight excluding hydrogens is 330 g/mol. The second-order valence-electron chi connectivity index (χ2n) is 10.9. The molecular formula is C25H37NO. The molecule has 0 radical (unpaired) electrons. The van der Waals surface area contributed by atoms with Crippen LogP contribution in [0, 0.1) is 16.7 Å². The Labute approximate surface area is 165 Å². The van der Waals surface area contributed by atoms with Crippen LogP contribution in [-0.4, -0.2) is 11.9 Å².